The molecule has 2 heterocycles. The zero-order valence-electron chi connectivity index (χ0n) is 11.1. The molecule has 2 nitrogen and oxygen atoms in total. The largest absolute Gasteiger partial charge is 0.327 e. The summed E-state index contributed by atoms with van der Waals surface area (Å²) in [5.41, 5.74) is 7.65. The summed E-state index contributed by atoms with van der Waals surface area (Å²) < 4.78 is 0. The first-order valence-corrected chi connectivity index (χ1v) is 7.56. The first-order valence-electron chi connectivity index (χ1n) is 6.68. The van der Waals surface area contributed by atoms with Crippen LogP contribution in [0.25, 0.3) is 0 Å². The van der Waals surface area contributed by atoms with Gasteiger partial charge in [0.25, 0.3) is 0 Å². The molecule has 3 heteroatoms. The summed E-state index contributed by atoms with van der Waals surface area (Å²) in [5, 5.41) is 2.22. The van der Waals surface area contributed by atoms with E-state index >= 15 is 0 Å². The van der Waals surface area contributed by atoms with E-state index in [0.717, 1.165) is 25.9 Å². The van der Waals surface area contributed by atoms with E-state index < -0.39 is 0 Å². The molecule has 17 heavy (non-hydrogen) atoms. The van der Waals surface area contributed by atoms with E-state index in [9.17, 15) is 0 Å². The van der Waals surface area contributed by atoms with E-state index in [1.165, 1.54) is 5.56 Å². The number of likely N-dealkylation sites (tertiary alicyclic amines) is 1. The molecule has 2 rings (SSSR count). The van der Waals surface area contributed by atoms with Crippen molar-refractivity contribution in [1.29, 1.82) is 0 Å². The summed E-state index contributed by atoms with van der Waals surface area (Å²) in [7, 11) is 0. The maximum atomic E-state index is 6.14. The topological polar surface area (TPSA) is 29.3 Å². The van der Waals surface area contributed by atoms with Crippen molar-refractivity contribution >= 4 is 11.3 Å². The lowest BCUT2D eigenvalue weighted by Gasteiger charge is -2.41. The SMILES string of the molecule is CCc1ccsc1CN1CCC(N)C(C)C1C. The van der Waals surface area contributed by atoms with Crippen molar-refractivity contribution in [3.05, 3.63) is 21.9 Å². The van der Waals surface area contributed by atoms with Crippen molar-refractivity contribution in [2.24, 2.45) is 11.7 Å². The van der Waals surface area contributed by atoms with Crippen LogP contribution < -0.4 is 5.73 Å². The molecular formula is C14H24N2S. The van der Waals surface area contributed by atoms with Gasteiger partial charge in [-0.05, 0) is 42.7 Å². The number of hydrogen-bond acceptors (Lipinski definition) is 3. The summed E-state index contributed by atoms with van der Waals surface area (Å²) >= 11 is 1.90. The van der Waals surface area contributed by atoms with Gasteiger partial charge >= 0.3 is 0 Å². The lowest BCUT2D eigenvalue weighted by atomic mass is 9.87. The molecule has 0 radical (unpaired) electrons. The van der Waals surface area contributed by atoms with Gasteiger partial charge in [-0.1, -0.05) is 13.8 Å². The lowest BCUT2D eigenvalue weighted by Crippen LogP contribution is -2.51. The van der Waals surface area contributed by atoms with Gasteiger partial charge in [-0.3, -0.25) is 4.90 Å². The predicted molar refractivity (Wildman–Crippen MR) is 75.3 cm³/mol. The maximum Gasteiger partial charge on any atom is 0.0333 e. The van der Waals surface area contributed by atoms with Gasteiger partial charge in [0, 0.05) is 30.1 Å². The highest BCUT2D eigenvalue weighted by Gasteiger charge is 2.30. The monoisotopic (exact) mass is 252 g/mol. The number of aryl methyl sites for hydroxylation is 1. The Kier molecular flexibility index (Phi) is 4.23. The van der Waals surface area contributed by atoms with Crippen LogP contribution in [0.4, 0.5) is 0 Å². The molecular weight excluding hydrogens is 228 g/mol. The smallest absolute Gasteiger partial charge is 0.0333 e. The molecule has 3 unspecified atom stereocenters. The molecule has 1 aliphatic rings. The van der Waals surface area contributed by atoms with Crippen LogP contribution in [0.15, 0.2) is 11.4 Å². The van der Waals surface area contributed by atoms with Crippen LogP contribution in [-0.4, -0.2) is 23.5 Å². The molecule has 96 valence electrons. The molecule has 1 fully saturated rings. The zero-order chi connectivity index (χ0) is 12.4. The van der Waals surface area contributed by atoms with Crippen molar-refractivity contribution in [2.75, 3.05) is 6.54 Å². The Labute approximate surface area is 109 Å². The Morgan fingerprint density at radius 3 is 2.94 bits per heavy atom. The van der Waals surface area contributed by atoms with Crippen LogP contribution >= 0.6 is 11.3 Å². The molecule has 0 aliphatic carbocycles. The number of hydrogen-bond donors (Lipinski definition) is 1. The summed E-state index contributed by atoms with van der Waals surface area (Å²) in [6, 6.07) is 3.25. The fraction of sp³-hybridized carbons (Fsp3) is 0.714. The summed E-state index contributed by atoms with van der Waals surface area (Å²) in [5.74, 6) is 0.605. The summed E-state index contributed by atoms with van der Waals surface area (Å²) in [6.45, 7) is 9.11. The van der Waals surface area contributed by atoms with E-state index in [2.05, 4.69) is 37.1 Å². The Hall–Kier alpha value is -0.380. The highest BCUT2D eigenvalue weighted by atomic mass is 32.1. The molecule has 1 aliphatic heterocycles. The second-order valence-electron chi connectivity index (χ2n) is 5.25. The van der Waals surface area contributed by atoms with E-state index in [-0.39, 0.29) is 0 Å². The first kappa shape index (κ1) is 13.1. The van der Waals surface area contributed by atoms with Gasteiger partial charge in [-0.15, -0.1) is 11.3 Å². The molecule has 1 aromatic heterocycles. The highest BCUT2D eigenvalue weighted by molar-refractivity contribution is 7.10. The van der Waals surface area contributed by atoms with Crippen LogP contribution in [0.5, 0.6) is 0 Å². The third-order valence-corrected chi connectivity index (χ3v) is 5.28. The normalized spacial score (nSPS) is 30.7. The fourth-order valence-corrected chi connectivity index (χ4v) is 3.70. The second-order valence-corrected chi connectivity index (χ2v) is 6.25. The molecule has 3 atom stereocenters. The van der Waals surface area contributed by atoms with Gasteiger partial charge < -0.3 is 5.73 Å². The van der Waals surface area contributed by atoms with Gasteiger partial charge in [0.1, 0.15) is 0 Å². The Balaban J connectivity index is 2.04. The Morgan fingerprint density at radius 1 is 1.47 bits per heavy atom. The van der Waals surface area contributed by atoms with Gasteiger partial charge in [-0.25, -0.2) is 0 Å². The molecule has 0 spiro atoms. The summed E-state index contributed by atoms with van der Waals surface area (Å²) in [4.78, 5) is 4.14. The molecule has 0 amide bonds. The van der Waals surface area contributed by atoms with Crippen molar-refractivity contribution in [1.82, 2.24) is 4.90 Å². The van der Waals surface area contributed by atoms with Crippen LogP contribution in [-0.2, 0) is 13.0 Å². The lowest BCUT2D eigenvalue weighted by molar-refractivity contribution is 0.0918. The molecule has 2 N–H and O–H groups in total. The van der Waals surface area contributed by atoms with E-state index in [1.807, 2.05) is 11.3 Å². The van der Waals surface area contributed by atoms with Gasteiger partial charge in [0.2, 0.25) is 0 Å². The van der Waals surface area contributed by atoms with E-state index in [4.69, 9.17) is 5.73 Å². The molecule has 0 saturated carbocycles. The quantitative estimate of drug-likeness (QED) is 0.896. The standard InChI is InChI=1S/C14H24N2S/c1-4-12-6-8-17-14(12)9-16-7-5-13(15)10(2)11(16)3/h6,8,10-11,13H,4-5,7,9,15H2,1-3H3. The average molecular weight is 252 g/mol. The third kappa shape index (κ3) is 2.72. The number of rotatable bonds is 3. The average Bonchev–Trinajstić information content (AvgIpc) is 2.77. The van der Waals surface area contributed by atoms with Crippen LogP contribution in [0.3, 0.4) is 0 Å². The van der Waals surface area contributed by atoms with Crippen molar-refractivity contribution in [3.8, 4) is 0 Å². The predicted octanol–water partition coefficient (Wildman–Crippen LogP) is 2.87. The van der Waals surface area contributed by atoms with Crippen LogP contribution in [0.1, 0.15) is 37.6 Å². The minimum atomic E-state index is 0.384. The van der Waals surface area contributed by atoms with Crippen molar-refractivity contribution < 1.29 is 0 Å². The van der Waals surface area contributed by atoms with Crippen LogP contribution in [0.2, 0.25) is 0 Å². The zero-order valence-corrected chi connectivity index (χ0v) is 12.0. The third-order valence-electron chi connectivity index (χ3n) is 4.33. The van der Waals surface area contributed by atoms with E-state index in [1.54, 1.807) is 4.88 Å². The maximum absolute atomic E-state index is 6.14. The van der Waals surface area contributed by atoms with Crippen molar-refractivity contribution in [2.45, 2.75) is 52.2 Å². The highest BCUT2D eigenvalue weighted by Crippen LogP contribution is 2.27. The fourth-order valence-electron chi connectivity index (χ4n) is 2.70. The minimum Gasteiger partial charge on any atom is -0.327 e. The minimum absolute atomic E-state index is 0.384. The van der Waals surface area contributed by atoms with E-state index in [0.29, 0.717) is 18.0 Å². The Morgan fingerprint density at radius 2 is 2.24 bits per heavy atom. The number of nitrogens with zero attached hydrogens (tertiary/aromatic N) is 1. The first-order chi connectivity index (χ1) is 8.13. The second kappa shape index (κ2) is 5.51. The van der Waals surface area contributed by atoms with Gasteiger partial charge in [-0.2, -0.15) is 0 Å². The van der Waals surface area contributed by atoms with Crippen LogP contribution in [0, 0.1) is 5.92 Å². The molecule has 1 aromatic rings. The number of nitrogens with two attached hydrogens (primary N) is 1. The number of piperidine rings is 1. The molecule has 1 saturated heterocycles. The number of thiophene rings is 1. The van der Waals surface area contributed by atoms with Crippen molar-refractivity contribution in [3.63, 3.8) is 0 Å². The van der Waals surface area contributed by atoms with Gasteiger partial charge in [0.15, 0.2) is 0 Å². The van der Waals surface area contributed by atoms with Gasteiger partial charge in [0.05, 0.1) is 0 Å². The Bertz CT molecular complexity index is 361. The summed E-state index contributed by atoms with van der Waals surface area (Å²) in [6.07, 6.45) is 2.29. The molecule has 0 aromatic carbocycles. The molecule has 0 bridgehead atoms.